The zero-order chi connectivity index (χ0) is 19.7. The Morgan fingerprint density at radius 3 is 2.79 bits per heavy atom. The van der Waals surface area contributed by atoms with Crippen molar-refractivity contribution in [1.29, 1.82) is 5.26 Å². The van der Waals surface area contributed by atoms with Crippen molar-refractivity contribution in [2.75, 3.05) is 12.9 Å². The van der Waals surface area contributed by atoms with E-state index in [2.05, 4.69) is 6.07 Å². The summed E-state index contributed by atoms with van der Waals surface area (Å²) in [6.07, 6.45) is 4.28. The summed E-state index contributed by atoms with van der Waals surface area (Å²) in [5.41, 5.74) is 1.94. The molecule has 7 heteroatoms. The van der Waals surface area contributed by atoms with Crippen molar-refractivity contribution in [3.63, 3.8) is 0 Å². The van der Waals surface area contributed by atoms with Crippen LogP contribution in [0.4, 0.5) is 0 Å². The molecule has 0 bridgehead atoms. The number of fused-ring (bicyclic) bond motifs is 3. The van der Waals surface area contributed by atoms with E-state index in [0.717, 1.165) is 40.9 Å². The van der Waals surface area contributed by atoms with Gasteiger partial charge in [-0.3, -0.25) is 9.36 Å². The third-order valence-electron chi connectivity index (χ3n) is 4.97. The molecule has 2 aromatic heterocycles. The first-order valence-corrected chi connectivity index (χ1v) is 11.2. The summed E-state index contributed by atoms with van der Waals surface area (Å²) in [5.74, 6) is 1.22. The first kappa shape index (κ1) is 19.0. The van der Waals surface area contributed by atoms with Crippen molar-refractivity contribution in [3.05, 3.63) is 45.1 Å². The van der Waals surface area contributed by atoms with E-state index in [1.165, 1.54) is 28.6 Å². The molecule has 0 N–H and O–H groups in total. The summed E-state index contributed by atoms with van der Waals surface area (Å²) in [4.78, 5) is 20.6. The number of methoxy groups -OCH3 is 1. The van der Waals surface area contributed by atoms with Crippen LogP contribution in [0.15, 0.2) is 34.2 Å². The van der Waals surface area contributed by atoms with Gasteiger partial charge >= 0.3 is 0 Å². The fraction of sp³-hybridized carbons (Fsp3) is 0.381. The average Bonchev–Trinajstić information content (AvgIpc) is 3.10. The minimum absolute atomic E-state index is 0.0123. The third kappa shape index (κ3) is 3.43. The molecule has 4 rings (SSSR count). The molecule has 0 fully saturated rings. The number of aryl methyl sites for hydroxylation is 2. The van der Waals surface area contributed by atoms with Crippen molar-refractivity contribution in [3.8, 4) is 17.5 Å². The normalized spacial score (nSPS) is 14.5. The molecule has 1 aliphatic rings. The summed E-state index contributed by atoms with van der Waals surface area (Å²) in [6, 6.07) is 9.71. The fourth-order valence-electron chi connectivity index (χ4n) is 3.48. The molecule has 0 unspecified atom stereocenters. The van der Waals surface area contributed by atoms with E-state index in [1.807, 2.05) is 31.2 Å². The fourth-order valence-corrected chi connectivity index (χ4v) is 5.74. The van der Waals surface area contributed by atoms with Gasteiger partial charge in [0.05, 0.1) is 30.2 Å². The van der Waals surface area contributed by atoms with E-state index >= 15 is 0 Å². The van der Waals surface area contributed by atoms with Gasteiger partial charge in [-0.2, -0.15) is 5.26 Å². The molecule has 0 spiro atoms. The number of thioether (sulfide) groups is 1. The maximum Gasteiger partial charge on any atom is 0.267 e. The number of hydrogen-bond donors (Lipinski definition) is 0. The van der Waals surface area contributed by atoms with Crippen LogP contribution in [0, 0.1) is 17.2 Å². The number of aromatic nitrogens is 2. The highest BCUT2D eigenvalue weighted by Crippen LogP contribution is 2.35. The van der Waals surface area contributed by atoms with Crippen LogP contribution in [0.2, 0.25) is 0 Å². The molecule has 5 nitrogen and oxygen atoms in total. The van der Waals surface area contributed by atoms with Crippen LogP contribution in [0.5, 0.6) is 5.75 Å². The van der Waals surface area contributed by atoms with Crippen molar-refractivity contribution in [1.82, 2.24) is 9.55 Å². The van der Waals surface area contributed by atoms with E-state index < -0.39 is 0 Å². The van der Waals surface area contributed by atoms with Crippen molar-refractivity contribution >= 4 is 33.3 Å². The van der Waals surface area contributed by atoms with Gasteiger partial charge in [-0.05, 0) is 62.4 Å². The molecule has 0 radical (unpaired) electrons. The van der Waals surface area contributed by atoms with Gasteiger partial charge < -0.3 is 4.74 Å². The molecule has 1 aliphatic carbocycles. The van der Waals surface area contributed by atoms with Crippen molar-refractivity contribution in [2.45, 2.75) is 37.8 Å². The van der Waals surface area contributed by atoms with Crippen molar-refractivity contribution < 1.29 is 4.74 Å². The molecular formula is C21H21N3O2S2. The topological polar surface area (TPSA) is 67.9 Å². The molecule has 0 amide bonds. The molecular weight excluding hydrogens is 390 g/mol. The summed E-state index contributed by atoms with van der Waals surface area (Å²) in [7, 11) is 1.62. The molecule has 0 saturated heterocycles. The highest BCUT2D eigenvalue weighted by atomic mass is 32.2. The molecule has 0 aliphatic heterocycles. The van der Waals surface area contributed by atoms with Gasteiger partial charge in [0.25, 0.3) is 5.56 Å². The second-order valence-corrected chi connectivity index (χ2v) is 9.04. The Morgan fingerprint density at radius 1 is 1.32 bits per heavy atom. The smallest absolute Gasteiger partial charge is 0.267 e. The second kappa shape index (κ2) is 7.98. The first-order valence-electron chi connectivity index (χ1n) is 9.36. The molecule has 2 heterocycles. The van der Waals surface area contributed by atoms with E-state index in [1.54, 1.807) is 23.0 Å². The first-order chi connectivity index (χ1) is 13.6. The lowest BCUT2D eigenvalue weighted by Gasteiger charge is -2.14. The predicted octanol–water partition coefficient (Wildman–Crippen LogP) is 4.59. The zero-order valence-corrected chi connectivity index (χ0v) is 17.5. The van der Waals surface area contributed by atoms with Crippen LogP contribution in [0.25, 0.3) is 15.9 Å². The van der Waals surface area contributed by atoms with Crippen LogP contribution in [0.1, 0.15) is 30.2 Å². The number of nitrogens with zero attached hydrogens (tertiary/aromatic N) is 3. The lowest BCUT2D eigenvalue weighted by molar-refractivity contribution is 0.414. The third-order valence-corrected chi connectivity index (χ3v) is 7.36. The average molecular weight is 412 g/mol. The summed E-state index contributed by atoms with van der Waals surface area (Å²) in [5, 5.41) is 10.5. The quantitative estimate of drug-likeness (QED) is 0.454. The molecule has 1 aromatic carbocycles. The lowest BCUT2D eigenvalue weighted by atomic mass is 9.97. The van der Waals surface area contributed by atoms with Crippen LogP contribution >= 0.6 is 23.1 Å². The molecule has 28 heavy (non-hydrogen) atoms. The van der Waals surface area contributed by atoms with Gasteiger partial charge in [-0.15, -0.1) is 11.3 Å². The van der Waals surface area contributed by atoms with Gasteiger partial charge in [0.2, 0.25) is 0 Å². The van der Waals surface area contributed by atoms with Gasteiger partial charge in [0.1, 0.15) is 10.6 Å². The predicted molar refractivity (Wildman–Crippen MR) is 114 cm³/mol. The Kier molecular flexibility index (Phi) is 5.42. The maximum absolute atomic E-state index is 13.6. The van der Waals surface area contributed by atoms with E-state index in [9.17, 15) is 4.79 Å². The number of thiophene rings is 1. The van der Waals surface area contributed by atoms with Crippen LogP contribution in [0.3, 0.4) is 0 Å². The largest absolute Gasteiger partial charge is 0.497 e. The van der Waals surface area contributed by atoms with Crippen LogP contribution in [-0.4, -0.2) is 22.4 Å². The summed E-state index contributed by atoms with van der Waals surface area (Å²) in [6.45, 7) is 1.88. The Bertz CT molecular complexity index is 1110. The minimum Gasteiger partial charge on any atom is -0.497 e. The van der Waals surface area contributed by atoms with Crippen LogP contribution in [-0.2, 0) is 12.8 Å². The van der Waals surface area contributed by atoms with E-state index in [-0.39, 0.29) is 11.5 Å². The van der Waals surface area contributed by atoms with Crippen LogP contribution < -0.4 is 10.3 Å². The highest BCUT2D eigenvalue weighted by Gasteiger charge is 2.23. The standard InChI is InChI=1S/C21H21N3O2S2/c1-13(11-22)12-27-21-23-19-18(16-5-3-4-6-17(16)28-19)20(25)24(21)14-7-9-15(26-2)10-8-14/h7-10,13H,3-6,12H2,1-2H3/t13-/m0/s1. The Balaban J connectivity index is 1.91. The second-order valence-electron chi connectivity index (χ2n) is 6.97. The van der Waals surface area contributed by atoms with E-state index in [0.29, 0.717) is 10.9 Å². The van der Waals surface area contributed by atoms with E-state index in [4.69, 9.17) is 15.0 Å². The zero-order valence-electron chi connectivity index (χ0n) is 15.9. The van der Waals surface area contributed by atoms with Gasteiger partial charge in [-0.25, -0.2) is 4.98 Å². The molecule has 0 saturated carbocycles. The monoisotopic (exact) mass is 411 g/mol. The Hall–Kier alpha value is -2.30. The SMILES string of the molecule is COc1ccc(-n2c(SC[C@@H](C)C#N)nc3sc4c(c3c2=O)CCCC4)cc1. The van der Waals surface area contributed by atoms with Crippen molar-refractivity contribution in [2.24, 2.45) is 5.92 Å². The number of ether oxygens (including phenoxy) is 1. The number of rotatable bonds is 5. The highest BCUT2D eigenvalue weighted by molar-refractivity contribution is 7.99. The lowest BCUT2D eigenvalue weighted by Crippen LogP contribution is -2.22. The number of benzene rings is 1. The number of hydrogen-bond acceptors (Lipinski definition) is 6. The Morgan fingerprint density at radius 2 is 2.07 bits per heavy atom. The molecule has 144 valence electrons. The van der Waals surface area contributed by atoms with Gasteiger partial charge in [0, 0.05) is 10.6 Å². The number of nitriles is 1. The summed E-state index contributed by atoms with van der Waals surface area (Å²) >= 11 is 3.12. The Labute approximate surface area is 172 Å². The van der Waals surface area contributed by atoms with Gasteiger partial charge in [0.15, 0.2) is 5.16 Å². The summed E-state index contributed by atoms with van der Waals surface area (Å²) < 4.78 is 6.94. The molecule has 3 aromatic rings. The van der Waals surface area contributed by atoms with Gasteiger partial charge in [-0.1, -0.05) is 11.8 Å². The molecule has 1 atom stereocenters. The maximum atomic E-state index is 13.6. The minimum atomic E-state index is -0.113.